The molecule has 1 aromatic carbocycles. The molecule has 0 atom stereocenters. The highest BCUT2D eigenvalue weighted by Gasteiger charge is 2.09. The smallest absolute Gasteiger partial charge is 0.151 e. The van der Waals surface area contributed by atoms with Gasteiger partial charge in [-0.05, 0) is 24.0 Å². The number of aryl methyl sites for hydroxylation is 2. The molecule has 0 heterocycles. The van der Waals surface area contributed by atoms with Crippen LogP contribution < -0.4 is 5.32 Å². The first kappa shape index (κ1) is 15.0. The van der Waals surface area contributed by atoms with Gasteiger partial charge in [0.05, 0.1) is 5.75 Å². The Morgan fingerprint density at radius 1 is 1.06 bits per heavy atom. The number of rotatable bonds is 7. The van der Waals surface area contributed by atoms with Crippen molar-refractivity contribution >= 4 is 15.5 Å². The first-order valence-corrected chi connectivity index (χ1v) is 8.41. The minimum absolute atomic E-state index is 0.199. The molecule has 1 aromatic rings. The van der Waals surface area contributed by atoms with E-state index >= 15 is 0 Å². The molecule has 0 radical (unpaired) electrons. The Labute approximate surface area is 111 Å². The molecule has 0 saturated carbocycles. The van der Waals surface area contributed by atoms with Gasteiger partial charge < -0.3 is 5.32 Å². The number of anilines is 1. The molecule has 0 bridgehead atoms. The molecular formula is C14H23NO2S. The van der Waals surface area contributed by atoms with Gasteiger partial charge in [0.15, 0.2) is 9.84 Å². The van der Waals surface area contributed by atoms with Crippen LogP contribution in [0, 0.1) is 0 Å². The molecule has 18 heavy (non-hydrogen) atoms. The SMILES string of the molecule is CCc1cccc(CC)c1NCCS(=O)(=O)CC. The van der Waals surface area contributed by atoms with Crippen LogP contribution in [0.1, 0.15) is 31.9 Å². The van der Waals surface area contributed by atoms with Gasteiger partial charge in [0.25, 0.3) is 0 Å². The number of sulfone groups is 1. The molecule has 0 fully saturated rings. The molecule has 0 aliphatic heterocycles. The van der Waals surface area contributed by atoms with Gasteiger partial charge in [0.2, 0.25) is 0 Å². The summed E-state index contributed by atoms with van der Waals surface area (Å²) in [7, 11) is -2.89. The molecule has 0 aliphatic rings. The second-order valence-corrected chi connectivity index (χ2v) is 6.79. The molecule has 0 amide bonds. The molecule has 102 valence electrons. The average molecular weight is 269 g/mol. The largest absolute Gasteiger partial charge is 0.384 e. The molecule has 4 heteroatoms. The Kier molecular flexibility index (Phi) is 5.66. The predicted molar refractivity (Wildman–Crippen MR) is 78.0 cm³/mol. The van der Waals surface area contributed by atoms with Crippen molar-refractivity contribution in [3.05, 3.63) is 29.3 Å². The number of hydrogen-bond donors (Lipinski definition) is 1. The zero-order chi connectivity index (χ0) is 13.6. The molecule has 0 spiro atoms. The van der Waals surface area contributed by atoms with E-state index in [1.807, 2.05) is 0 Å². The highest BCUT2D eigenvalue weighted by Crippen LogP contribution is 2.22. The Balaban J connectivity index is 2.77. The van der Waals surface area contributed by atoms with Crippen LogP contribution in [0.5, 0.6) is 0 Å². The molecule has 0 saturated heterocycles. The van der Waals surface area contributed by atoms with Crippen LogP contribution in [0.25, 0.3) is 0 Å². The van der Waals surface area contributed by atoms with Gasteiger partial charge in [0, 0.05) is 18.0 Å². The Hall–Kier alpha value is -1.03. The fourth-order valence-electron chi connectivity index (χ4n) is 1.95. The van der Waals surface area contributed by atoms with E-state index in [-0.39, 0.29) is 11.5 Å². The number of benzene rings is 1. The lowest BCUT2D eigenvalue weighted by Crippen LogP contribution is -2.18. The number of nitrogens with one attached hydrogen (secondary N) is 1. The van der Waals surface area contributed by atoms with Crippen molar-refractivity contribution in [2.24, 2.45) is 0 Å². The van der Waals surface area contributed by atoms with Crippen molar-refractivity contribution < 1.29 is 8.42 Å². The van der Waals surface area contributed by atoms with E-state index < -0.39 is 9.84 Å². The standard InChI is InChI=1S/C14H23NO2S/c1-4-12-8-7-9-13(5-2)14(12)15-10-11-18(16,17)6-3/h7-9,15H,4-6,10-11H2,1-3H3. The maximum Gasteiger partial charge on any atom is 0.151 e. The summed E-state index contributed by atoms with van der Waals surface area (Å²) in [6.45, 7) is 6.40. The quantitative estimate of drug-likeness (QED) is 0.827. The summed E-state index contributed by atoms with van der Waals surface area (Å²) in [6.07, 6.45) is 1.91. The Bertz CT molecular complexity index is 458. The summed E-state index contributed by atoms with van der Waals surface area (Å²) in [6, 6.07) is 6.25. The zero-order valence-electron chi connectivity index (χ0n) is 11.5. The van der Waals surface area contributed by atoms with E-state index in [2.05, 4.69) is 37.4 Å². The van der Waals surface area contributed by atoms with Crippen molar-refractivity contribution in [1.29, 1.82) is 0 Å². The van der Waals surface area contributed by atoms with E-state index in [0.29, 0.717) is 6.54 Å². The van der Waals surface area contributed by atoms with E-state index in [0.717, 1.165) is 18.5 Å². The minimum atomic E-state index is -2.89. The minimum Gasteiger partial charge on any atom is -0.384 e. The lowest BCUT2D eigenvalue weighted by molar-refractivity contribution is 0.597. The van der Waals surface area contributed by atoms with Gasteiger partial charge in [-0.2, -0.15) is 0 Å². The predicted octanol–water partition coefficient (Wildman–Crippen LogP) is 2.66. The summed E-state index contributed by atoms with van der Waals surface area (Å²) in [5.41, 5.74) is 3.63. The van der Waals surface area contributed by atoms with Gasteiger partial charge in [-0.15, -0.1) is 0 Å². The van der Waals surface area contributed by atoms with Crippen LogP contribution in [-0.4, -0.2) is 26.5 Å². The molecule has 0 aromatic heterocycles. The fraction of sp³-hybridized carbons (Fsp3) is 0.571. The van der Waals surface area contributed by atoms with Crippen LogP contribution in [0.3, 0.4) is 0 Å². The third kappa shape index (κ3) is 4.02. The van der Waals surface area contributed by atoms with E-state index in [9.17, 15) is 8.42 Å². The average Bonchev–Trinajstić information content (AvgIpc) is 2.38. The van der Waals surface area contributed by atoms with Crippen LogP contribution >= 0.6 is 0 Å². The van der Waals surface area contributed by atoms with Gasteiger partial charge in [-0.25, -0.2) is 8.42 Å². The van der Waals surface area contributed by atoms with Gasteiger partial charge in [0.1, 0.15) is 0 Å². The third-order valence-electron chi connectivity index (χ3n) is 3.15. The van der Waals surface area contributed by atoms with E-state index in [1.165, 1.54) is 11.1 Å². The highest BCUT2D eigenvalue weighted by atomic mass is 32.2. The number of para-hydroxylation sites is 1. The molecular weight excluding hydrogens is 246 g/mol. The summed E-state index contributed by atoms with van der Waals surface area (Å²) in [5, 5.41) is 3.29. The van der Waals surface area contributed by atoms with Crippen molar-refractivity contribution in [3.8, 4) is 0 Å². The van der Waals surface area contributed by atoms with Crippen molar-refractivity contribution in [1.82, 2.24) is 0 Å². The highest BCUT2D eigenvalue weighted by molar-refractivity contribution is 7.91. The first-order chi connectivity index (χ1) is 8.54. The lowest BCUT2D eigenvalue weighted by Gasteiger charge is -2.15. The van der Waals surface area contributed by atoms with Crippen molar-refractivity contribution in [3.63, 3.8) is 0 Å². The number of hydrogen-bond acceptors (Lipinski definition) is 3. The summed E-state index contributed by atoms with van der Waals surface area (Å²) >= 11 is 0. The summed E-state index contributed by atoms with van der Waals surface area (Å²) in [4.78, 5) is 0. The van der Waals surface area contributed by atoms with Crippen molar-refractivity contribution in [2.75, 3.05) is 23.4 Å². The second-order valence-electron chi connectivity index (χ2n) is 4.32. The van der Waals surface area contributed by atoms with Gasteiger partial charge >= 0.3 is 0 Å². The maximum atomic E-state index is 11.5. The van der Waals surface area contributed by atoms with Crippen LogP contribution in [-0.2, 0) is 22.7 Å². The maximum absolute atomic E-state index is 11.5. The Morgan fingerprint density at radius 3 is 2.06 bits per heavy atom. The monoisotopic (exact) mass is 269 g/mol. The van der Waals surface area contributed by atoms with Crippen molar-refractivity contribution in [2.45, 2.75) is 33.6 Å². The van der Waals surface area contributed by atoms with Crippen LogP contribution in [0.4, 0.5) is 5.69 Å². The van der Waals surface area contributed by atoms with E-state index in [4.69, 9.17) is 0 Å². The zero-order valence-corrected chi connectivity index (χ0v) is 12.3. The molecule has 3 nitrogen and oxygen atoms in total. The van der Waals surface area contributed by atoms with Crippen LogP contribution in [0.2, 0.25) is 0 Å². The van der Waals surface area contributed by atoms with Gasteiger partial charge in [-0.1, -0.05) is 39.0 Å². The molecule has 1 rings (SSSR count). The summed E-state index contributed by atoms with van der Waals surface area (Å²) in [5.74, 6) is 0.412. The van der Waals surface area contributed by atoms with E-state index in [1.54, 1.807) is 6.92 Å². The molecule has 1 N–H and O–H groups in total. The summed E-state index contributed by atoms with van der Waals surface area (Å²) < 4.78 is 22.9. The van der Waals surface area contributed by atoms with Gasteiger partial charge in [-0.3, -0.25) is 0 Å². The first-order valence-electron chi connectivity index (χ1n) is 6.59. The molecule has 0 aliphatic carbocycles. The third-order valence-corrected chi connectivity index (χ3v) is 4.86. The second kappa shape index (κ2) is 6.78. The molecule has 0 unspecified atom stereocenters. The fourth-order valence-corrected chi connectivity index (χ4v) is 2.65. The topological polar surface area (TPSA) is 46.2 Å². The Morgan fingerprint density at radius 2 is 1.61 bits per heavy atom. The van der Waals surface area contributed by atoms with Crippen LogP contribution in [0.15, 0.2) is 18.2 Å². The normalized spacial score (nSPS) is 11.5. The lowest BCUT2D eigenvalue weighted by atomic mass is 10.0.